The molecule has 0 aliphatic carbocycles. The Morgan fingerprint density at radius 2 is 1.52 bits per heavy atom. The normalized spacial score (nSPS) is 10.7. The quantitative estimate of drug-likeness (QED) is 0.350. The Morgan fingerprint density at radius 1 is 0.848 bits per heavy atom. The second-order valence-corrected chi connectivity index (χ2v) is 7.26. The Bertz CT molecular complexity index is 1010. The number of nitrogens with zero attached hydrogens (tertiary/aromatic N) is 1. The highest BCUT2D eigenvalue weighted by molar-refractivity contribution is 5.95. The van der Waals surface area contributed by atoms with Crippen molar-refractivity contribution in [2.75, 3.05) is 18.1 Å². The molecule has 0 aliphatic heterocycles. The molecule has 6 heteroatoms. The van der Waals surface area contributed by atoms with Gasteiger partial charge in [-0.2, -0.15) is 0 Å². The number of carboxylic acids is 1. The number of amides is 1. The van der Waals surface area contributed by atoms with Crippen molar-refractivity contribution in [3.8, 4) is 5.75 Å². The molecule has 1 amide bonds. The van der Waals surface area contributed by atoms with E-state index < -0.39 is 12.1 Å². The van der Waals surface area contributed by atoms with E-state index in [1.807, 2.05) is 91.0 Å². The van der Waals surface area contributed by atoms with E-state index in [9.17, 15) is 9.59 Å². The fourth-order valence-corrected chi connectivity index (χ4v) is 3.16. The number of rotatable bonds is 11. The standard InChI is InChI=1S/C27H27NO5/c29-26(30)18-7-8-19-32-25-17-9-11-22(21-25)12-10-20-33-27(31)28(23-13-3-1-4-14-23)24-15-5-2-6-16-24/h1-6,9-17,21H,7-8,18-20H2,(H,29,30)/b12-10-. The van der Waals surface area contributed by atoms with Gasteiger partial charge in [0.25, 0.3) is 0 Å². The lowest BCUT2D eigenvalue weighted by atomic mass is 10.2. The SMILES string of the molecule is O=C(O)CCCCOc1cccc(/C=C\COC(=O)N(c2ccccc2)c2ccccc2)c1. The highest BCUT2D eigenvalue weighted by atomic mass is 16.6. The van der Waals surface area contributed by atoms with Crippen molar-refractivity contribution in [1.29, 1.82) is 0 Å². The topological polar surface area (TPSA) is 76.1 Å². The Balaban J connectivity index is 1.54. The number of aliphatic carboxylic acids is 1. The second kappa shape index (κ2) is 12.7. The number of carbonyl (C=O) groups excluding carboxylic acids is 1. The first-order valence-corrected chi connectivity index (χ1v) is 10.8. The van der Waals surface area contributed by atoms with Gasteiger partial charge in [-0.1, -0.05) is 54.6 Å². The summed E-state index contributed by atoms with van der Waals surface area (Å²) in [4.78, 5) is 24.9. The van der Waals surface area contributed by atoms with Crippen molar-refractivity contribution in [1.82, 2.24) is 0 Å². The molecule has 3 rings (SSSR count). The third-order valence-electron chi connectivity index (χ3n) is 4.74. The molecule has 33 heavy (non-hydrogen) atoms. The van der Waals surface area contributed by atoms with Crippen molar-refractivity contribution in [2.45, 2.75) is 19.3 Å². The van der Waals surface area contributed by atoms with Crippen LogP contribution in [0.1, 0.15) is 24.8 Å². The van der Waals surface area contributed by atoms with Crippen LogP contribution < -0.4 is 9.64 Å². The van der Waals surface area contributed by atoms with Crippen LogP contribution in [-0.4, -0.2) is 30.4 Å². The third-order valence-corrected chi connectivity index (χ3v) is 4.74. The molecule has 0 atom stereocenters. The van der Waals surface area contributed by atoms with Crippen LogP contribution in [0.25, 0.3) is 6.08 Å². The van der Waals surface area contributed by atoms with E-state index in [-0.39, 0.29) is 13.0 Å². The van der Waals surface area contributed by atoms with Gasteiger partial charge in [0.05, 0.1) is 18.0 Å². The van der Waals surface area contributed by atoms with Crippen LogP contribution in [0.3, 0.4) is 0 Å². The smallest absolute Gasteiger partial charge is 0.419 e. The molecule has 0 radical (unpaired) electrons. The first-order chi connectivity index (χ1) is 16.1. The van der Waals surface area contributed by atoms with E-state index >= 15 is 0 Å². The van der Waals surface area contributed by atoms with E-state index in [1.165, 1.54) is 4.90 Å². The van der Waals surface area contributed by atoms with E-state index in [1.54, 1.807) is 6.08 Å². The molecule has 0 spiro atoms. The predicted octanol–water partition coefficient (Wildman–Crippen LogP) is 6.31. The molecular formula is C27H27NO5. The molecule has 1 N–H and O–H groups in total. The van der Waals surface area contributed by atoms with Gasteiger partial charge in [0.15, 0.2) is 0 Å². The van der Waals surface area contributed by atoms with Gasteiger partial charge < -0.3 is 14.6 Å². The minimum Gasteiger partial charge on any atom is -0.494 e. The summed E-state index contributed by atoms with van der Waals surface area (Å²) in [5, 5.41) is 8.67. The van der Waals surface area contributed by atoms with Gasteiger partial charge in [-0.25, -0.2) is 9.69 Å². The lowest BCUT2D eigenvalue weighted by molar-refractivity contribution is -0.137. The number of anilines is 2. The fourth-order valence-electron chi connectivity index (χ4n) is 3.16. The summed E-state index contributed by atoms with van der Waals surface area (Å²) >= 11 is 0. The number of unbranched alkanes of at least 4 members (excludes halogenated alkanes) is 1. The highest BCUT2D eigenvalue weighted by Crippen LogP contribution is 2.25. The van der Waals surface area contributed by atoms with Gasteiger partial charge in [-0.15, -0.1) is 0 Å². The summed E-state index contributed by atoms with van der Waals surface area (Å²) in [5.74, 6) is -0.0812. The Morgan fingerprint density at radius 3 is 2.15 bits per heavy atom. The van der Waals surface area contributed by atoms with Crippen LogP contribution >= 0.6 is 0 Å². The third kappa shape index (κ3) is 7.85. The average molecular weight is 446 g/mol. The van der Waals surface area contributed by atoms with E-state index in [0.29, 0.717) is 25.2 Å². The zero-order chi connectivity index (χ0) is 23.3. The van der Waals surface area contributed by atoms with Gasteiger partial charge >= 0.3 is 12.1 Å². The maximum atomic E-state index is 12.8. The van der Waals surface area contributed by atoms with Crippen LogP contribution in [0, 0.1) is 0 Å². The lowest BCUT2D eigenvalue weighted by Crippen LogP contribution is -2.26. The van der Waals surface area contributed by atoms with Crippen molar-refractivity contribution in [3.05, 3.63) is 96.6 Å². The van der Waals surface area contributed by atoms with Crippen LogP contribution in [0.15, 0.2) is 91.0 Å². The minimum absolute atomic E-state index is 0.120. The van der Waals surface area contributed by atoms with Gasteiger partial charge in [0, 0.05) is 6.42 Å². The van der Waals surface area contributed by atoms with Crippen LogP contribution in [-0.2, 0) is 9.53 Å². The van der Waals surface area contributed by atoms with Crippen LogP contribution in [0.5, 0.6) is 5.75 Å². The van der Waals surface area contributed by atoms with Crippen molar-refractivity contribution in [2.24, 2.45) is 0 Å². The van der Waals surface area contributed by atoms with Gasteiger partial charge in [-0.3, -0.25) is 4.79 Å². The molecular weight excluding hydrogens is 418 g/mol. The molecule has 3 aromatic rings. The maximum Gasteiger partial charge on any atom is 0.419 e. The first-order valence-electron chi connectivity index (χ1n) is 10.8. The number of ether oxygens (including phenoxy) is 2. The van der Waals surface area contributed by atoms with Gasteiger partial charge in [-0.05, 0) is 60.9 Å². The molecule has 0 aromatic heterocycles. The number of hydrogen-bond acceptors (Lipinski definition) is 4. The lowest BCUT2D eigenvalue weighted by Gasteiger charge is -2.22. The molecule has 6 nitrogen and oxygen atoms in total. The zero-order valence-corrected chi connectivity index (χ0v) is 18.3. The van der Waals surface area contributed by atoms with Crippen LogP contribution in [0.2, 0.25) is 0 Å². The average Bonchev–Trinajstić information content (AvgIpc) is 2.83. The molecule has 3 aromatic carbocycles. The monoisotopic (exact) mass is 445 g/mol. The summed E-state index contributed by atoms with van der Waals surface area (Å²) in [6.45, 7) is 0.585. The number of carboxylic acid groups (broad SMARTS) is 1. The molecule has 0 aliphatic rings. The summed E-state index contributed by atoms with van der Waals surface area (Å²) in [6, 6.07) is 26.3. The van der Waals surface area contributed by atoms with Crippen molar-refractivity contribution < 1.29 is 24.2 Å². The number of carbonyl (C=O) groups is 2. The predicted molar refractivity (Wildman–Crippen MR) is 129 cm³/mol. The maximum absolute atomic E-state index is 12.8. The Kier molecular flexibility index (Phi) is 9.09. The summed E-state index contributed by atoms with van der Waals surface area (Å²) in [5.41, 5.74) is 2.37. The van der Waals surface area contributed by atoms with Gasteiger partial charge in [0.2, 0.25) is 0 Å². The molecule has 0 saturated heterocycles. The highest BCUT2D eigenvalue weighted by Gasteiger charge is 2.18. The minimum atomic E-state index is -0.793. The molecule has 0 unspecified atom stereocenters. The van der Waals surface area contributed by atoms with E-state index in [4.69, 9.17) is 14.6 Å². The number of para-hydroxylation sites is 2. The molecule has 0 bridgehead atoms. The van der Waals surface area contributed by atoms with Crippen LogP contribution in [0.4, 0.5) is 16.2 Å². The summed E-state index contributed by atoms with van der Waals surface area (Å²) < 4.78 is 11.2. The molecule has 170 valence electrons. The summed E-state index contributed by atoms with van der Waals surface area (Å²) in [7, 11) is 0. The fraction of sp³-hybridized carbons (Fsp3) is 0.185. The summed E-state index contributed by atoms with van der Waals surface area (Å²) in [6.07, 6.45) is 4.59. The van der Waals surface area contributed by atoms with Crippen molar-refractivity contribution in [3.63, 3.8) is 0 Å². The molecule has 0 fully saturated rings. The number of hydrogen-bond donors (Lipinski definition) is 1. The Labute approximate surface area is 193 Å². The van der Waals surface area contributed by atoms with E-state index in [2.05, 4.69) is 0 Å². The van der Waals surface area contributed by atoms with E-state index in [0.717, 1.165) is 16.9 Å². The molecule has 0 heterocycles. The Hall–Kier alpha value is -4.06. The molecule has 0 saturated carbocycles. The second-order valence-electron chi connectivity index (χ2n) is 7.26. The number of benzene rings is 3. The zero-order valence-electron chi connectivity index (χ0n) is 18.3. The first kappa shape index (κ1) is 23.6. The van der Waals surface area contributed by atoms with Gasteiger partial charge in [0.1, 0.15) is 12.4 Å². The van der Waals surface area contributed by atoms with Crippen molar-refractivity contribution >= 4 is 29.5 Å². The largest absolute Gasteiger partial charge is 0.494 e.